The molecule has 7 heteroatoms. The third-order valence-corrected chi connectivity index (χ3v) is 7.73. The lowest BCUT2D eigenvalue weighted by atomic mass is 10.0. The molecular weight excluding hydrogens is 536 g/mol. The van der Waals surface area contributed by atoms with Crippen LogP contribution in [0, 0.1) is 0 Å². The summed E-state index contributed by atoms with van der Waals surface area (Å²) in [5.41, 5.74) is 2.92. The predicted octanol–water partition coefficient (Wildman–Crippen LogP) is 6.77. The van der Waals surface area contributed by atoms with Crippen molar-refractivity contribution in [2.45, 2.75) is 77.4 Å². The fraction of sp³-hybridized carbons (Fsp3) is 0.412. The van der Waals surface area contributed by atoms with Gasteiger partial charge in [0.25, 0.3) is 0 Å². The standard InChI is InChI=1S/C34H41ClN2O4/c1-3-40-31-20-16-26(23-32(31)41-4-2)17-21-33(38)37(24-27-14-18-28(35)19-15-27)30(22-25-10-6-5-7-11-25)34(39)36-29-12-8-9-13-29/h5-7,10-11,14-16,18-20,23,29-30H,3-4,8-9,12-13,17,21-22,24H2,1-2H3,(H,36,39)/t30-/m0/s1. The number of nitrogens with zero attached hydrogens (tertiary/aromatic N) is 1. The van der Waals surface area contributed by atoms with Crippen LogP contribution in [0.5, 0.6) is 11.5 Å². The van der Waals surface area contributed by atoms with Crippen LogP contribution >= 0.6 is 11.6 Å². The molecule has 0 aromatic heterocycles. The first-order chi connectivity index (χ1) is 20.0. The van der Waals surface area contributed by atoms with Gasteiger partial charge >= 0.3 is 0 Å². The molecule has 1 saturated carbocycles. The molecular formula is C34H41ClN2O4. The quantitative estimate of drug-likeness (QED) is 0.230. The maximum Gasteiger partial charge on any atom is 0.243 e. The summed E-state index contributed by atoms with van der Waals surface area (Å²) >= 11 is 6.15. The van der Waals surface area contributed by atoms with Crippen LogP contribution in [0.15, 0.2) is 72.8 Å². The fourth-order valence-corrected chi connectivity index (χ4v) is 5.48. The SMILES string of the molecule is CCOc1ccc(CCC(=O)N(Cc2ccc(Cl)cc2)[C@@H](Cc2ccccc2)C(=O)NC2CCCC2)cc1OCC. The number of rotatable bonds is 14. The number of halogens is 1. The largest absolute Gasteiger partial charge is 0.490 e. The normalized spacial score (nSPS) is 13.9. The van der Waals surface area contributed by atoms with Crippen LogP contribution in [0.1, 0.15) is 62.6 Å². The Kier molecular flexibility index (Phi) is 11.5. The summed E-state index contributed by atoms with van der Waals surface area (Å²) in [7, 11) is 0. The van der Waals surface area contributed by atoms with E-state index >= 15 is 0 Å². The molecule has 1 aliphatic carbocycles. The van der Waals surface area contributed by atoms with Crippen molar-refractivity contribution >= 4 is 23.4 Å². The van der Waals surface area contributed by atoms with E-state index in [1.165, 1.54) is 0 Å². The van der Waals surface area contributed by atoms with Gasteiger partial charge in [-0.2, -0.15) is 0 Å². The molecule has 0 saturated heterocycles. The van der Waals surface area contributed by atoms with Crippen molar-refractivity contribution < 1.29 is 19.1 Å². The van der Waals surface area contributed by atoms with E-state index in [-0.39, 0.29) is 24.3 Å². The van der Waals surface area contributed by atoms with Gasteiger partial charge in [-0.05, 0) is 74.1 Å². The molecule has 1 atom stereocenters. The van der Waals surface area contributed by atoms with Gasteiger partial charge in [0.2, 0.25) is 11.8 Å². The second kappa shape index (κ2) is 15.5. The van der Waals surface area contributed by atoms with Crippen LogP contribution in [-0.4, -0.2) is 42.0 Å². The Morgan fingerprint density at radius 2 is 1.54 bits per heavy atom. The van der Waals surface area contributed by atoms with Crippen LogP contribution in [-0.2, 0) is 29.0 Å². The Morgan fingerprint density at radius 1 is 0.878 bits per heavy atom. The molecule has 41 heavy (non-hydrogen) atoms. The van der Waals surface area contributed by atoms with E-state index in [0.29, 0.717) is 49.1 Å². The average Bonchev–Trinajstić information content (AvgIpc) is 3.49. The summed E-state index contributed by atoms with van der Waals surface area (Å²) in [6.45, 7) is 5.26. The molecule has 1 aliphatic rings. The zero-order valence-corrected chi connectivity index (χ0v) is 24.9. The van der Waals surface area contributed by atoms with Crippen molar-refractivity contribution in [1.29, 1.82) is 0 Å². The zero-order valence-electron chi connectivity index (χ0n) is 24.1. The molecule has 0 spiro atoms. The fourth-order valence-electron chi connectivity index (χ4n) is 5.35. The molecule has 2 amide bonds. The molecule has 1 N–H and O–H groups in total. The average molecular weight is 577 g/mol. The molecule has 6 nitrogen and oxygen atoms in total. The maximum absolute atomic E-state index is 14.0. The van der Waals surface area contributed by atoms with Crippen LogP contribution in [0.2, 0.25) is 5.02 Å². The molecule has 0 bridgehead atoms. The lowest BCUT2D eigenvalue weighted by molar-refractivity contribution is -0.141. The summed E-state index contributed by atoms with van der Waals surface area (Å²) in [5, 5.41) is 3.89. The third kappa shape index (κ3) is 8.99. The monoisotopic (exact) mass is 576 g/mol. The van der Waals surface area contributed by atoms with Gasteiger partial charge in [0, 0.05) is 30.5 Å². The topological polar surface area (TPSA) is 67.9 Å². The second-order valence-electron chi connectivity index (χ2n) is 10.5. The van der Waals surface area contributed by atoms with E-state index in [0.717, 1.165) is 42.4 Å². The highest BCUT2D eigenvalue weighted by Crippen LogP contribution is 2.29. The van der Waals surface area contributed by atoms with Crippen LogP contribution < -0.4 is 14.8 Å². The highest BCUT2D eigenvalue weighted by molar-refractivity contribution is 6.30. The number of hydrogen-bond donors (Lipinski definition) is 1. The van der Waals surface area contributed by atoms with Gasteiger partial charge in [-0.3, -0.25) is 9.59 Å². The van der Waals surface area contributed by atoms with Gasteiger partial charge in [0.15, 0.2) is 11.5 Å². The van der Waals surface area contributed by atoms with Crippen molar-refractivity contribution in [3.63, 3.8) is 0 Å². The number of amides is 2. The lowest BCUT2D eigenvalue weighted by Gasteiger charge is -2.32. The minimum Gasteiger partial charge on any atom is -0.490 e. The summed E-state index contributed by atoms with van der Waals surface area (Å²) in [4.78, 5) is 29.6. The predicted molar refractivity (Wildman–Crippen MR) is 163 cm³/mol. The Bertz CT molecular complexity index is 1260. The van der Waals surface area contributed by atoms with Crippen LogP contribution in [0.3, 0.4) is 0 Å². The van der Waals surface area contributed by atoms with E-state index < -0.39 is 6.04 Å². The van der Waals surface area contributed by atoms with Crippen molar-refractivity contribution in [2.24, 2.45) is 0 Å². The Morgan fingerprint density at radius 3 is 2.22 bits per heavy atom. The molecule has 4 rings (SSSR count). The first-order valence-electron chi connectivity index (χ1n) is 14.7. The Balaban J connectivity index is 1.59. The number of carbonyl (C=O) groups is 2. The van der Waals surface area contributed by atoms with Crippen molar-refractivity contribution in [3.8, 4) is 11.5 Å². The van der Waals surface area contributed by atoms with Crippen LogP contribution in [0.25, 0.3) is 0 Å². The maximum atomic E-state index is 14.0. The molecule has 0 unspecified atom stereocenters. The summed E-state index contributed by atoms with van der Waals surface area (Å²) in [5.74, 6) is 1.20. The molecule has 218 valence electrons. The van der Waals surface area contributed by atoms with Gasteiger partial charge in [-0.15, -0.1) is 0 Å². The molecule has 0 radical (unpaired) electrons. The molecule has 3 aromatic carbocycles. The number of hydrogen-bond acceptors (Lipinski definition) is 4. The Hall–Kier alpha value is -3.51. The number of nitrogens with one attached hydrogen (secondary N) is 1. The van der Waals surface area contributed by atoms with Crippen molar-refractivity contribution in [3.05, 3.63) is 94.5 Å². The van der Waals surface area contributed by atoms with E-state index in [4.69, 9.17) is 21.1 Å². The smallest absolute Gasteiger partial charge is 0.243 e. The first kappa shape index (κ1) is 30.4. The van der Waals surface area contributed by atoms with Gasteiger partial charge < -0.3 is 19.7 Å². The van der Waals surface area contributed by atoms with E-state index in [1.807, 2.05) is 86.6 Å². The van der Waals surface area contributed by atoms with E-state index in [9.17, 15) is 9.59 Å². The number of ether oxygens (including phenoxy) is 2. The highest BCUT2D eigenvalue weighted by Gasteiger charge is 2.32. The van der Waals surface area contributed by atoms with E-state index in [2.05, 4.69) is 5.32 Å². The zero-order chi connectivity index (χ0) is 29.0. The highest BCUT2D eigenvalue weighted by atomic mass is 35.5. The van der Waals surface area contributed by atoms with Crippen LogP contribution in [0.4, 0.5) is 0 Å². The molecule has 0 heterocycles. The van der Waals surface area contributed by atoms with Crippen molar-refractivity contribution in [2.75, 3.05) is 13.2 Å². The van der Waals surface area contributed by atoms with Gasteiger partial charge in [0.05, 0.1) is 13.2 Å². The number of aryl methyl sites for hydroxylation is 1. The summed E-state index contributed by atoms with van der Waals surface area (Å²) < 4.78 is 11.5. The minimum atomic E-state index is -0.638. The minimum absolute atomic E-state index is 0.0747. The number of benzene rings is 3. The Labute approximate surface area is 249 Å². The van der Waals surface area contributed by atoms with E-state index in [1.54, 1.807) is 4.90 Å². The van der Waals surface area contributed by atoms with Gasteiger partial charge in [-0.25, -0.2) is 0 Å². The molecule has 1 fully saturated rings. The van der Waals surface area contributed by atoms with Gasteiger partial charge in [-0.1, -0.05) is 73.0 Å². The molecule has 0 aliphatic heterocycles. The van der Waals surface area contributed by atoms with Gasteiger partial charge in [0.1, 0.15) is 6.04 Å². The van der Waals surface area contributed by atoms with Crippen molar-refractivity contribution in [1.82, 2.24) is 10.2 Å². The lowest BCUT2D eigenvalue weighted by Crippen LogP contribution is -2.52. The number of carbonyl (C=O) groups excluding carboxylic acids is 2. The summed E-state index contributed by atoms with van der Waals surface area (Å²) in [6, 6.07) is 22.7. The summed E-state index contributed by atoms with van der Waals surface area (Å²) in [6.07, 6.45) is 5.42. The second-order valence-corrected chi connectivity index (χ2v) is 10.9. The first-order valence-corrected chi connectivity index (χ1v) is 15.1. The molecule has 3 aromatic rings. The third-order valence-electron chi connectivity index (χ3n) is 7.47.